The average Bonchev–Trinajstić information content (AvgIpc) is 2.46. The summed E-state index contributed by atoms with van der Waals surface area (Å²) >= 11 is 1.64. The van der Waals surface area contributed by atoms with E-state index in [9.17, 15) is 4.39 Å². The van der Waals surface area contributed by atoms with Gasteiger partial charge in [0.2, 0.25) is 0 Å². The number of halogens is 1. The molecule has 0 aromatic heterocycles. The summed E-state index contributed by atoms with van der Waals surface area (Å²) in [5.41, 5.74) is 7.97. The summed E-state index contributed by atoms with van der Waals surface area (Å²) < 4.78 is 13.4. The Labute approximate surface area is 128 Å². The summed E-state index contributed by atoms with van der Waals surface area (Å²) in [5.74, 6) is 0.626. The lowest BCUT2D eigenvalue weighted by molar-refractivity contribution is 0.628. The van der Waals surface area contributed by atoms with E-state index in [0.717, 1.165) is 22.0 Å². The van der Waals surface area contributed by atoms with E-state index < -0.39 is 0 Å². The van der Waals surface area contributed by atoms with Crippen LogP contribution >= 0.6 is 11.8 Å². The van der Waals surface area contributed by atoms with Gasteiger partial charge in [-0.25, -0.2) is 4.39 Å². The highest BCUT2D eigenvalue weighted by Crippen LogP contribution is 2.33. The van der Waals surface area contributed by atoms with Crippen molar-refractivity contribution in [3.8, 4) is 0 Å². The molecular formula is C16H18FN3S. The van der Waals surface area contributed by atoms with E-state index in [-0.39, 0.29) is 11.7 Å². The Kier molecular flexibility index (Phi) is 4.85. The molecule has 21 heavy (non-hydrogen) atoms. The number of nitrogens with zero attached hydrogens (tertiary/aromatic N) is 1. The zero-order valence-corrected chi connectivity index (χ0v) is 12.9. The third kappa shape index (κ3) is 3.36. The van der Waals surface area contributed by atoms with Crippen LogP contribution in [-0.2, 0) is 0 Å². The molecule has 0 aliphatic carbocycles. The van der Waals surface area contributed by atoms with E-state index in [0.29, 0.717) is 5.56 Å². The lowest BCUT2D eigenvalue weighted by atomic mass is 10.1. The third-order valence-electron chi connectivity index (χ3n) is 3.13. The number of thioether (sulfide) groups is 1. The Morgan fingerprint density at radius 3 is 2.62 bits per heavy atom. The smallest absolute Gasteiger partial charge is 0.126 e. The van der Waals surface area contributed by atoms with Gasteiger partial charge in [-0.1, -0.05) is 19.1 Å². The highest BCUT2D eigenvalue weighted by Gasteiger charge is 2.15. The Morgan fingerprint density at radius 1 is 1.29 bits per heavy atom. The quantitative estimate of drug-likeness (QED) is 0.499. The number of nitrogens with two attached hydrogens (primary N) is 1. The molecule has 3 N–H and O–H groups in total. The number of anilines is 2. The lowest BCUT2D eigenvalue weighted by Crippen LogP contribution is -2.19. The predicted octanol–water partition coefficient (Wildman–Crippen LogP) is 3.99. The Morgan fingerprint density at radius 2 is 2.00 bits per heavy atom. The highest BCUT2D eigenvalue weighted by molar-refractivity contribution is 7.99. The number of hydrogen-bond acceptors (Lipinski definition) is 3. The number of hydrogen-bond donors (Lipinski definition) is 2. The van der Waals surface area contributed by atoms with Crippen LogP contribution in [0.2, 0.25) is 0 Å². The van der Waals surface area contributed by atoms with E-state index in [4.69, 9.17) is 11.1 Å². The van der Waals surface area contributed by atoms with Crippen molar-refractivity contribution >= 4 is 29.0 Å². The van der Waals surface area contributed by atoms with Crippen molar-refractivity contribution < 1.29 is 4.39 Å². The molecule has 0 unspecified atom stereocenters. The van der Waals surface area contributed by atoms with E-state index in [1.807, 2.05) is 36.2 Å². The normalized spacial score (nSPS) is 10.4. The molecule has 0 radical (unpaired) electrons. The second-order valence-electron chi connectivity index (χ2n) is 4.54. The molecule has 0 aliphatic heterocycles. The summed E-state index contributed by atoms with van der Waals surface area (Å²) in [6.45, 7) is 2.05. The van der Waals surface area contributed by atoms with Crippen LogP contribution in [0.3, 0.4) is 0 Å². The van der Waals surface area contributed by atoms with Crippen LogP contribution < -0.4 is 10.6 Å². The molecule has 0 atom stereocenters. The van der Waals surface area contributed by atoms with Gasteiger partial charge in [0.15, 0.2) is 0 Å². The molecular weight excluding hydrogens is 285 g/mol. The topological polar surface area (TPSA) is 53.1 Å². The second kappa shape index (κ2) is 6.63. The first-order chi connectivity index (χ1) is 10.0. The van der Waals surface area contributed by atoms with Gasteiger partial charge in [0.05, 0.1) is 11.3 Å². The fourth-order valence-electron chi connectivity index (χ4n) is 2.17. The molecule has 0 amide bonds. The highest BCUT2D eigenvalue weighted by atomic mass is 32.2. The summed E-state index contributed by atoms with van der Waals surface area (Å²) in [5, 5.41) is 7.86. The molecule has 110 valence electrons. The number of benzene rings is 2. The third-order valence-corrected chi connectivity index (χ3v) is 4.07. The Hall–Kier alpha value is -2.01. The SMILES string of the molecule is CCSc1cccc(N(C)c2cccc(F)c2)c1C(=N)N. The summed E-state index contributed by atoms with van der Waals surface area (Å²) in [6.07, 6.45) is 0. The maximum atomic E-state index is 13.4. The maximum Gasteiger partial charge on any atom is 0.126 e. The first-order valence-corrected chi connectivity index (χ1v) is 7.62. The van der Waals surface area contributed by atoms with Crippen molar-refractivity contribution in [3.63, 3.8) is 0 Å². The van der Waals surface area contributed by atoms with Gasteiger partial charge in [-0.3, -0.25) is 5.41 Å². The largest absolute Gasteiger partial charge is 0.384 e. The van der Waals surface area contributed by atoms with Gasteiger partial charge < -0.3 is 10.6 Å². The molecule has 0 bridgehead atoms. The number of nitrogens with one attached hydrogen (secondary N) is 1. The van der Waals surface area contributed by atoms with Crippen LogP contribution in [0, 0.1) is 11.2 Å². The van der Waals surface area contributed by atoms with Crippen molar-refractivity contribution in [2.24, 2.45) is 5.73 Å². The molecule has 2 rings (SSSR count). The lowest BCUT2D eigenvalue weighted by Gasteiger charge is -2.23. The molecule has 0 heterocycles. The van der Waals surface area contributed by atoms with Gasteiger partial charge in [-0.2, -0.15) is 0 Å². The van der Waals surface area contributed by atoms with Crippen LogP contribution in [0.1, 0.15) is 12.5 Å². The first kappa shape index (κ1) is 15.4. The summed E-state index contributed by atoms with van der Waals surface area (Å²) in [4.78, 5) is 2.81. The van der Waals surface area contributed by atoms with Gasteiger partial charge in [0.25, 0.3) is 0 Å². The zero-order chi connectivity index (χ0) is 15.4. The van der Waals surface area contributed by atoms with Crippen LogP contribution in [0.5, 0.6) is 0 Å². The van der Waals surface area contributed by atoms with Gasteiger partial charge in [-0.15, -0.1) is 11.8 Å². The van der Waals surface area contributed by atoms with Crippen LogP contribution in [0.15, 0.2) is 47.4 Å². The molecule has 0 saturated carbocycles. The van der Waals surface area contributed by atoms with E-state index in [1.165, 1.54) is 12.1 Å². The van der Waals surface area contributed by atoms with Gasteiger partial charge >= 0.3 is 0 Å². The van der Waals surface area contributed by atoms with Crippen LogP contribution in [0.4, 0.5) is 15.8 Å². The Bertz CT molecular complexity index is 658. The van der Waals surface area contributed by atoms with E-state index >= 15 is 0 Å². The molecule has 5 heteroatoms. The van der Waals surface area contributed by atoms with Crippen molar-refractivity contribution in [2.75, 3.05) is 17.7 Å². The second-order valence-corrected chi connectivity index (χ2v) is 5.84. The van der Waals surface area contributed by atoms with Crippen LogP contribution in [0.25, 0.3) is 0 Å². The summed E-state index contributed by atoms with van der Waals surface area (Å²) in [6, 6.07) is 12.1. The monoisotopic (exact) mass is 303 g/mol. The molecule has 0 fully saturated rings. The molecule has 2 aromatic carbocycles. The number of nitrogen functional groups attached to an aromatic ring is 1. The summed E-state index contributed by atoms with van der Waals surface area (Å²) in [7, 11) is 1.84. The van der Waals surface area contributed by atoms with Crippen LogP contribution in [-0.4, -0.2) is 18.6 Å². The molecule has 2 aromatic rings. The van der Waals surface area contributed by atoms with Gasteiger partial charge in [0.1, 0.15) is 11.7 Å². The Balaban J connectivity index is 2.52. The zero-order valence-electron chi connectivity index (χ0n) is 12.1. The minimum atomic E-state index is -0.289. The fraction of sp³-hybridized carbons (Fsp3) is 0.188. The predicted molar refractivity (Wildman–Crippen MR) is 88.3 cm³/mol. The number of rotatable bonds is 5. The standard InChI is InChI=1S/C16H18FN3S/c1-3-21-14-9-5-8-13(15(14)16(18)19)20(2)12-7-4-6-11(17)10-12/h4-10H,3H2,1-2H3,(H3,18,19). The van der Waals surface area contributed by atoms with Gasteiger partial charge in [0, 0.05) is 17.6 Å². The van der Waals surface area contributed by atoms with Crippen molar-refractivity contribution in [3.05, 3.63) is 53.8 Å². The average molecular weight is 303 g/mol. The van der Waals surface area contributed by atoms with Gasteiger partial charge in [-0.05, 0) is 36.1 Å². The minimum Gasteiger partial charge on any atom is -0.384 e. The molecule has 0 saturated heterocycles. The molecule has 0 aliphatic rings. The van der Waals surface area contributed by atoms with Crippen molar-refractivity contribution in [1.82, 2.24) is 0 Å². The van der Waals surface area contributed by atoms with E-state index in [2.05, 4.69) is 6.92 Å². The van der Waals surface area contributed by atoms with Crippen molar-refractivity contribution in [1.29, 1.82) is 5.41 Å². The fourth-order valence-corrected chi connectivity index (χ4v) is 3.01. The first-order valence-electron chi connectivity index (χ1n) is 6.64. The van der Waals surface area contributed by atoms with Crippen molar-refractivity contribution in [2.45, 2.75) is 11.8 Å². The molecule has 0 spiro atoms. The maximum absolute atomic E-state index is 13.4. The minimum absolute atomic E-state index is 0.0183. The molecule has 3 nitrogen and oxygen atoms in total. The van der Waals surface area contributed by atoms with E-state index in [1.54, 1.807) is 17.8 Å². The number of amidine groups is 1.